The Balaban J connectivity index is 1.50. The monoisotopic (exact) mass is 776 g/mol. The number of methoxy groups -OCH3 is 4. The fourth-order valence-corrected chi connectivity index (χ4v) is 11.8. The number of piperidine rings is 2. The van der Waals surface area contributed by atoms with Crippen molar-refractivity contribution in [2.24, 2.45) is 40.9 Å². The van der Waals surface area contributed by atoms with Crippen LogP contribution in [-0.2, 0) is 22.4 Å². The number of aliphatic carboxylic acids is 2. The third-order valence-corrected chi connectivity index (χ3v) is 14.0. The van der Waals surface area contributed by atoms with E-state index < -0.39 is 17.4 Å². The number of benzene rings is 2. The molecule has 6 atom stereocenters. The molecule has 2 saturated heterocycles. The lowest BCUT2D eigenvalue weighted by Gasteiger charge is -2.58. The van der Waals surface area contributed by atoms with Crippen LogP contribution >= 0.6 is 0 Å². The van der Waals surface area contributed by atoms with Crippen molar-refractivity contribution in [3.05, 3.63) is 46.5 Å². The lowest BCUT2D eigenvalue weighted by atomic mass is 9.51. The molecule has 2 aromatic rings. The van der Waals surface area contributed by atoms with Gasteiger partial charge >= 0.3 is 11.9 Å². The second-order valence-electron chi connectivity index (χ2n) is 18.1. The summed E-state index contributed by atoms with van der Waals surface area (Å²) in [4.78, 5) is 31.7. The Hall–Kier alpha value is -3.50. The molecule has 2 aromatic carbocycles. The van der Waals surface area contributed by atoms with Crippen LogP contribution in [0.5, 0.6) is 23.0 Å². The van der Waals surface area contributed by atoms with Crippen molar-refractivity contribution in [2.75, 3.05) is 54.6 Å². The third kappa shape index (κ3) is 8.38. The number of carboxylic acid groups (broad SMARTS) is 2. The van der Waals surface area contributed by atoms with Gasteiger partial charge in [-0.15, -0.1) is 0 Å². The molecule has 2 fully saturated rings. The van der Waals surface area contributed by atoms with Crippen molar-refractivity contribution < 1.29 is 38.7 Å². The summed E-state index contributed by atoms with van der Waals surface area (Å²) in [6.07, 6.45) is 7.93. The maximum atomic E-state index is 14.8. The Morgan fingerprint density at radius 3 is 1.48 bits per heavy atom. The quantitative estimate of drug-likeness (QED) is 0.151. The summed E-state index contributed by atoms with van der Waals surface area (Å²) in [5.41, 5.74) is 3.99. The minimum Gasteiger partial charge on any atom is -0.493 e. The van der Waals surface area contributed by atoms with Crippen LogP contribution in [0.1, 0.15) is 120 Å². The molecule has 56 heavy (non-hydrogen) atoms. The standard InChI is InChI=1S/C46H68N2O8/c1-28(2)18-32-26-47-16-13-30-20-40(53-5)42(55-7)22-34(30)38(47)24-36(32)46(45(51)52,15-11-9-10-12-44(49)50)37-25-39-35-23-43(56-8)41(54-6)21-31(35)14-17-48(39)27-33(37)19-29(3)4/h20-23,28-29,32-33,36-39H,9-19,24-27H2,1-8H3,(H,49,50)(H,51,52)/t32-,33-,36+,37+,38+,39+/m0/s1. The molecular formula is C46H68N2O8. The van der Waals surface area contributed by atoms with Gasteiger partial charge in [-0.2, -0.15) is 0 Å². The average Bonchev–Trinajstić information content (AvgIpc) is 3.17. The predicted octanol–water partition coefficient (Wildman–Crippen LogP) is 8.69. The van der Waals surface area contributed by atoms with Crippen LogP contribution in [0.15, 0.2) is 24.3 Å². The van der Waals surface area contributed by atoms with Gasteiger partial charge < -0.3 is 29.2 Å². The number of rotatable bonds is 17. The third-order valence-electron chi connectivity index (χ3n) is 14.0. The number of ether oxygens (including phenoxy) is 4. The number of hydrogen-bond donors (Lipinski definition) is 2. The highest BCUT2D eigenvalue weighted by atomic mass is 16.5. The number of carboxylic acids is 2. The molecule has 0 aliphatic carbocycles. The van der Waals surface area contributed by atoms with Crippen LogP contribution in [0, 0.1) is 40.9 Å². The lowest BCUT2D eigenvalue weighted by molar-refractivity contribution is -0.175. The zero-order valence-corrected chi connectivity index (χ0v) is 35.3. The highest BCUT2D eigenvalue weighted by Gasteiger charge is 2.60. The Morgan fingerprint density at radius 2 is 1.11 bits per heavy atom. The van der Waals surface area contributed by atoms with Gasteiger partial charge in [-0.1, -0.05) is 40.5 Å². The molecule has 0 unspecified atom stereocenters. The molecule has 0 bridgehead atoms. The summed E-state index contributed by atoms with van der Waals surface area (Å²) in [5, 5.41) is 21.7. The second-order valence-corrected chi connectivity index (χ2v) is 18.1. The zero-order chi connectivity index (χ0) is 40.3. The van der Waals surface area contributed by atoms with Gasteiger partial charge in [-0.25, -0.2) is 0 Å². The molecule has 0 amide bonds. The van der Waals surface area contributed by atoms with Crippen LogP contribution in [0.2, 0.25) is 0 Å². The van der Waals surface area contributed by atoms with Gasteiger partial charge in [0.1, 0.15) is 0 Å². The number of hydrogen-bond acceptors (Lipinski definition) is 8. The molecule has 4 heterocycles. The maximum absolute atomic E-state index is 14.8. The number of nitrogens with zero attached hydrogens (tertiary/aromatic N) is 2. The molecule has 10 heteroatoms. The fraction of sp³-hybridized carbons (Fsp3) is 0.696. The Bertz CT molecular complexity index is 1590. The van der Waals surface area contributed by atoms with Crippen molar-refractivity contribution in [3.8, 4) is 23.0 Å². The first-order chi connectivity index (χ1) is 26.8. The first-order valence-electron chi connectivity index (χ1n) is 21.3. The second kappa shape index (κ2) is 18.0. The molecule has 4 aliphatic heterocycles. The van der Waals surface area contributed by atoms with Gasteiger partial charge in [-0.3, -0.25) is 19.4 Å². The summed E-state index contributed by atoms with van der Waals surface area (Å²) in [7, 11) is 6.73. The summed E-state index contributed by atoms with van der Waals surface area (Å²) >= 11 is 0. The molecule has 0 saturated carbocycles. The van der Waals surface area contributed by atoms with Crippen molar-refractivity contribution in [1.29, 1.82) is 0 Å². The normalized spacial score (nSPS) is 25.2. The van der Waals surface area contributed by atoms with Gasteiger partial charge in [0.15, 0.2) is 23.0 Å². The fourth-order valence-electron chi connectivity index (χ4n) is 11.8. The van der Waals surface area contributed by atoms with E-state index in [9.17, 15) is 19.8 Å². The zero-order valence-electron chi connectivity index (χ0n) is 35.3. The van der Waals surface area contributed by atoms with Gasteiger partial charge in [0, 0.05) is 44.7 Å². The molecule has 0 aromatic heterocycles. The first-order valence-corrected chi connectivity index (χ1v) is 21.3. The van der Waals surface area contributed by atoms with Crippen LogP contribution in [0.3, 0.4) is 0 Å². The van der Waals surface area contributed by atoms with E-state index in [1.807, 2.05) is 0 Å². The van der Waals surface area contributed by atoms with E-state index in [1.54, 1.807) is 28.4 Å². The maximum Gasteiger partial charge on any atom is 0.310 e. The first kappa shape index (κ1) is 42.1. The Labute approximate surface area is 335 Å². The van der Waals surface area contributed by atoms with Crippen molar-refractivity contribution in [3.63, 3.8) is 0 Å². The Kier molecular flexibility index (Phi) is 13.5. The highest BCUT2D eigenvalue weighted by Crippen LogP contribution is 2.60. The van der Waals surface area contributed by atoms with Crippen LogP contribution < -0.4 is 18.9 Å². The molecular weight excluding hydrogens is 709 g/mol. The minimum atomic E-state index is -0.997. The topological polar surface area (TPSA) is 118 Å². The average molecular weight is 777 g/mol. The van der Waals surface area contributed by atoms with Crippen molar-refractivity contribution >= 4 is 11.9 Å². The van der Waals surface area contributed by atoms with E-state index in [2.05, 4.69) is 61.8 Å². The van der Waals surface area contributed by atoms with E-state index in [1.165, 1.54) is 22.3 Å². The summed E-state index contributed by atoms with van der Waals surface area (Å²) < 4.78 is 23.1. The minimum absolute atomic E-state index is 0.0677. The van der Waals surface area contributed by atoms with Gasteiger partial charge in [-0.05, 0) is 133 Å². The van der Waals surface area contributed by atoms with E-state index in [-0.39, 0.29) is 42.2 Å². The van der Waals surface area contributed by atoms with E-state index in [4.69, 9.17) is 18.9 Å². The van der Waals surface area contributed by atoms with Gasteiger partial charge in [0.05, 0.1) is 33.9 Å². The van der Waals surface area contributed by atoms with Crippen LogP contribution in [0.4, 0.5) is 0 Å². The van der Waals surface area contributed by atoms with E-state index in [0.29, 0.717) is 49.0 Å². The summed E-state index contributed by atoms with van der Waals surface area (Å²) in [6, 6.07) is 8.72. The van der Waals surface area contributed by atoms with Gasteiger partial charge in [0.25, 0.3) is 0 Å². The molecule has 0 radical (unpaired) electrons. The van der Waals surface area contributed by atoms with Crippen molar-refractivity contribution in [1.82, 2.24) is 9.80 Å². The molecule has 2 N–H and O–H groups in total. The smallest absolute Gasteiger partial charge is 0.310 e. The molecule has 0 spiro atoms. The molecule has 6 rings (SSSR count). The number of carbonyl (C=O) groups is 2. The van der Waals surface area contributed by atoms with E-state index >= 15 is 0 Å². The molecule has 10 nitrogen and oxygen atoms in total. The highest BCUT2D eigenvalue weighted by molar-refractivity contribution is 5.76. The van der Waals surface area contributed by atoms with Gasteiger partial charge in [0.2, 0.25) is 0 Å². The van der Waals surface area contributed by atoms with Crippen molar-refractivity contribution in [2.45, 2.75) is 110 Å². The largest absolute Gasteiger partial charge is 0.493 e. The number of unbranched alkanes of at least 4 members (excludes halogenated alkanes) is 2. The van der Waals surface area contributed by atoms with Crippen LogP contribution in [-0.4, -0.2) is 86.6 Å². The van der Waals surface area contributed by atoms with Crippen LogP contribution in [0.25, 0.3) is 0 Å². The summed E-state index contributed by atoms with van der Waals surface area (Å²) in [5.74, 6) is 2.56. The number of fused-ring (bicyclic) bond motifs is 6. The Morgan fingerprint density at radius 1 is 0.679 bits per heavy atom. The van der Waals surface area contributed by atoms with E-state index in [0.717, 1.165) is 76.2 Å². The SMILES string of the molecule is COc1cc2c(cc1OC)[C@H]1C[C@@H](C(CCCCCC(=O)O)(C(=O)O)[C@@H]3C[C@@H]4c5cc(OC)c(OC)cc5CCN4C[C@@H]3CC(C)C)[C@@H](CC(C)C)CN1CC2. The molecule has 4 aliphatic rings. The predicted molar refractivity (Wildman–Crippen MR) is 218 cm³/mol. The lowest BCUT2D eigenvalue weighted by Crippen LogP contribution is -2.59. The molecule has 310 valence electrons. The summed E-state index contributed by atoms with van der Waals surface area (Å²) in [6.45, 7) is 12.7.